The summed E-state index contributed by atoms with van der Waals surface area (Å²) in [5.74, 6) is 0. The van der Waals surface area contributed by atoms with Crippen molar-refractivity contribution in [2.75, 3.05) is 0 Å². The molecular formula is C55H33NO. The minimum Gasteiger partial charge on any atom is -0.455 e. The van der Waals surface area contributed by atoms with Crippen LogP contribution in [0, 0.1) is 0 Å². The first-order chi connectivity index (χ1) is 28.3. The zero-order valence-corrected chi connectivity index (χ0v) is 30.9. The van der Waals surface area contributed by atoms with Gasteiger partial charge in [-0.05, 0) is 101 Å². The molecule has 2 heterocycles. The highest BCUT2D eigenvalue weighted by Gasteiger charge is 2.22. The van der Waals surface area contributed by atoms with Crippen molar-refractivity contribution in [3.05, 3.63) is 200 Å². The Morgan fingerprint density at radius 2 is 0.807 bits per heavy atom. The summed E-state index contributed by atoms with van der Waals surface area (Å²) in [6.45, 7) is 0. The maximum Gasteiger partial charge on any atom is 0.143 e. The number of hydrogen-bond donors (Lipinski definition) is 0. The molecule has 264 valence electrons. The van der Waals surface area contributed by atoms with Gasteiger partial charge in [0.1, 0.15) is 11.2 Å². The Bertz CT molecular complexity index is 3460. The lowest BCUT2D eigenvalue weighted by molar-refractivity contribution is 0.670. The molecule has 0 unspecified atom stereocenters. The van der Waals surface area contributed by atoms with Crippen LogP contribution in [-0.4, -0.2) is 4.98 Å². The third-order valence-corrected chi connectivity index (χ3v) is 11.9. The third kappa shape index (κ3) is 4.81. The Morgan fingerprint density at radius 3 is 1.40 bits per heavy atom. The monoisotopic (exact) mass is 723 g/mol. The van der Waals surface area contributed by atoms with E-state index in [1.807, 2.05) is 12.3 Å². The van der Waals surface area contributed by atoms with Crippen molar-refractivity contribution in [3.63, 3.8) is 0 Å². The number of aromatic nitrogens is 1. The third-order valence-electron chi connectivity index (χ3n) is 11.9. The molecule has 2 nitrogen and oxygen atoms in total. The Kier molecular flexibility index (Phi) is 6.96. The maximum atomic E-state index is 7.07. The molecule has 0 saturated carbocycles. The average molecular weight is 724 g/mol. The molecule has 0 spiro atoms. The highest BCUT2D eigenvalue weighted by Crippen LogP contribution is 2.48. The van der Waals surface area contributed by atoms with E-state index in [0.717, 1.165) is 49.5 Å². The molecule has 10 aromatic carbocycles. The SMILES string of the molecule is c1ccc(-c2c3ccccc3c(-c3ccc4c(c3)oc3c(-c5c6ccccc6c(-c6ccc7cccnc7c6)c6ccccc56)cccc34)c3ccccc23)cc1. The molecule has 0 aliphatic heterocycles. The van der Waals surface area contributed by atoms with E-state index in [0.29, 0.717) is 0 Å². The van der Waals surface area contributed by atoms with E-state index in [1.165, 1.54) is 70.9 Å². The standard InChI is InChI=1S/C55H33NO/c1-2-14-35(15-3-1)51-39-17-4-6-19-41(39)53(42-20-7-5-18-40(42)51)37-29-30-38-47-25-12-26-48(55(47)57-50(38)33-37)54-45-23-10-8-21-43(45)52(44-22-9-11-24-46(44)54)36-28-27-34-16-13-31-56-49(34)32-36/h1-33H. The van der Waals surface area contributed by atoms with Crippen LogP contribution in [0.5, 0.6) is 0 Å². The smallest absolute Gasteiger partial charge is 0.143 e. The van der Waals surface area contributed by atoms with Gasteiger partial charge in [-0.1, -0.05) is 170 Å². The summed E-state index contributed by atoms with van der Waals surface area (Å²) in [5.41, 5.74) is 12.3. The van der Waals surface area contributed by atoms with E-state index in [9.17, 15) is 0 Å². The highest BCUT2D eigenvalue weighted by atomic mass is 16.3. The van der Waals surface area contributed by atoms with Crippen LogP contribution in [0.15, 0.2) is 205 Å². The summed E-state index contributed by atoms with van der Waals surface area (Å²) < 4.78 is 7.07. The zero-order valence-electron chi connectivity index (χ0n) is 30.9. The van der Waals surface area contributed by atoms with Crippen molar-refractivity contribution in [1.29, 1.82) is 0 Å². The van der Waals surface area contributed by atoms with Crippen molar-refractivity contribution >= 4 is 75.9 Å². The molecule has 0 aliphatic rings. The van der Waals surface area contributed by atoms with E-state index in [2.05, 4.69) is 188 Å². The van der Waals surface area contributed by atoms with Gasteiger partial charge in [0.2, 0.25) is 0 Å². The van der Waals surface area contributed by atoms with Crippen LogP contribution in [0.25, 0.3) is 120 Å². The lowest BCUT2D eigenvalue weighted by Crippen LogP contribution is -1.91. The lowest BCUT2D eigenvalue weighted by atomic mass is 9.85. The van der Waals surface area contributed by atoms with Gasteiger partial charge in [-0.25, -0.2) is 0 Å². The second-order valence-electron chi connectivity index (χ2n) is 15.0. The van der Waals surface area contributed by atoms with Gasteiger partial charge in [0, 0.05) is 33.5 Å². The van der Waals surface area contributed by atoms with Gasteiger partial charge in [-0.15, -0.1) is 0 Å². The fourth-order valence-electron chi connectivity index (χ4n) is 9.46. The van der Waals surface area contributed by atoms with Crippen LogP contribution >= 0.6 is 0 Å². The Balaban J connectivity index is 1.10. The topological polar surface area (TPSA) is 26.0 Å². The average Bonchev–Trinajstić information content (AvgIpc) is 3.66. The van der Waals surface area contributed by atoms with E-state index in [4.69, 9.17) is 9.40 Å². The molecule has 0 amide bonds. The van der Waals surface area contributed by atoms with E-state index in [1.54, 1.807) is 0 Å². The normalized spacial score (nSPS) is 11.9. The van der Waals surface area contributed by atoms with Gasteiger partial charge in [0.05, 0.1) is 5.52 Å². The van der Waals surface area contributed by atoms with E-state index >= 15 is 0 Å². The zero-order chi connectivity index (χ0) is 37.5. The number of para-hydroxylation sites is 1. The molecule has 2 aromatic heterocycles. The maximum absolute atomic E-state index is 7.07. The molecule has 0 fully saturated rings. The van der Waals surface area contributed by atoms with Crippen molar-refractivity contribution in [3.8, 4) is 44.5 Å². The summed E-state index contributed by atoms with van der Waals surface area (Å²) in [6, 6.07) is 70.2. The van der Waals surface area contributed by atoms with Crippen LogP contribution in [-0.2, 0) is 0 Å². The molecule has 2 heteroatoms. The molecule has 12 rings (SSSR count). The van der Waals surface area contributed by atoms with Crippen molar-refractivity contribution < 1.29 is 4.42 Å². The first-order valence-electron chi connectivity index (χ1n) is 19.5. The summed E-state index contributed by atoms with van der Waals surface area (Å²) in [4.78, 5) is 4.71. The predicted molar refractivity (Wildman–Crippen MR) is 241 cm³/mol. The molecule has 57 heavy (non-hydrogen) atoms. The second kappa shape index (κ2) is 12.5. The highest BCUT2D eigenvalue weighted by molar-refractivity contribution is 6.25. The van der Waals surface area contributed by atoms with Gasteiger partial charge in [-0.3, -0.25) is 4.98 Å². The number of rotatable bonds is 4. The number of pyridine rings is 1. The molecular weight excluding hydrogens is 691 g/mol. The lowest BCUT2D eigenvalue weighted by Gasteiger charge is -2.18. The van der Waals surface area contributed by atoms with Gasteiger partial charge < -0.3 is 4.42 Å². The van der Waals surface area contributed by atoms with Crippen molar-refractivity contribution in [2.24, 2.45) is 0 Å². The molecule has 0 radical (unpaired) electrons. The fraction of sp³-hybridized carbons (Fsp3) is 0. The molecule has 0 aliphatic carbocycles. The predicted octanol–water partition coefficient (Wildman–Crippen LogP) is 15.4. The molecule has 0 atom stereocenters. The van der Waals surface area contributed by atoms with Crippen LogP contribution < -0.4 is 0 Å². The summed E-state index contributed by atoms with van der Waals surface area (Å²) >= 11 is 0. The number of hydrogen-bond acceptors (Lipinski definition) is 2. The van der Waals surface area contributed by atoms with Crippen LogP contribution in [0.1, 0.15) is 0 Å². The van der Waals surface area contributed by atoms with E-state index < -0.39 is 0 Å². The number of nitrogens with zero attached hydrogens (tertiary/aromatic N) is 1. The second-order valence-corrected chi connectivity index (χ2v) is 15.0. The van der Waals surface area contributed by atoms with Crippen molar-refractivity contribution in [1.82, 2.24) is 4.98 Å². The minimum absolute atomic E-state index is 0.879. The Hall–Kier alpha value is -7.55. The molecule has 0 N–H and O–H groups in total. The van der Waals surface area contributed by atoms with Crippen LogP contribution in [0.2, 0.25) is 0 Å². The van der Waals surface area contributed by atoms with Gasteiger partial charge >= 0.3 is 0 Å². The molecule has 0 bridgehead atoms. The quantitative estimate of drug-likeness (QED) is 0.169. The summed E-state index contributed by atoms with van der Waals surface area (Å²) in [6.07, 6.45) is 1.87. The first kappa shape index (κ1) is 31.8. The van der Waals surface area contributed by atoms with Crippen LogP contribution in [0.3, 0.4) is 0 Å². The summed E-state index contributed by atoms with van der Waals surface area (Å²) in [5, 5.41) is 13.1. The molecule has 0 saturated heterocycles. The van der Waals surface area contributed by atoms with Gasteiger partial charge in [0.25, 0.3) is 0 Å². The van der Waals surface area contributed by atoms with Crippen LogP contribution in [0.4, 0.5) is 0 Å². The largest absolute Gasteiger partial charge is 0.455 e. The van der Waals surface area contributed by atoms with Gasteiger partial charge in [-0.2, -0.15) is 0 Å². The van der Waals surface area contributed by atoms with E-state index in [-0.39, 0.29) is 0 Å². The number of fused-ring (bicyclic) bond motifs is 8. The van der Waals surface area contributed by atoms with Crippen molar-refractivity contribution in [2.45, 2.75) is 0 Å². The number of benzene rings is 10. The Labute approximate surface area is 328 Å². The molecule has 12 aromatic rings. The summed E-state index contributed by atoms with van der Waals surface area (Å²) in [7, 11) is 0. The minimum atomic E-state index is 0.879. The van der Waals surface area contributed by atoms with Gasteiger partial charge in [0.15, 0.2) is 0 Å². The number of furan rings is 1. The first-order valence-corrected chi connectivity index (χ1v) is 19.5. The fourth-order valence-corrected chi connectivity index (χ4v) is 9.46. The Morgan fingerprint density at radius 1 is 0.316 bits per heavy atom.